The lowest BCUT2D eigenvalue weighted by atomic mass is 10.3. The summed E-state index contributed by atoms with van der Waals surface area (Å²) in [6, 6.07) is 1.84. The molecule has 0 aliphatic carbocycles. The number of hydrogen-bond donors (Lipinski definition) is 1. The van der Waals surface area contributed by atoms with E-state index in [0.717, 1.165) is 4.57 Å². The molecule has 1 aromatic rings. The second-order valence-corrected chi connectivity index (χ2v) is 4.43. The Kier molecular flexibility index (Phi) is 6.65. The molecule has 0 spiro atoms. The zero-order valence-electron chi connectivity index (χ0n) is 12.5. The Labute approximate surface area is 122 Å². The minimum Gasteiger partial charge on any atom is -0.382 e. The Morgan fingerprint density at radius 3 is 2.52 bits per heavy atom. The molecule has 0 amide bonds. The molecule has 0 aliphatic rings. The highest BCUT2D eigenvalue weighted by Crippen LogP contribution is 2.06. The van der Waals surface area contributed by atoms with Crippen LogP contribution in [-0.4, -0.2) is 42.6 Å². The topological polar surface area (TPSA) is 98.3 Å². The molecule has 0 saturated heterocycles. The normalized spacial score (nSPS) is 10.4. The van der Waals surface area contributed by atoms with Crippen molar-refractivity contribution in [1.29, 1.82) is 5.26 Å². The molecular weight excluding hydrogens is 276 g/mol. The number of nitrogens with zero attached hydrogens (tertiary/aromatic N) is 3. The minimum atomic E-state index is -0.598. The number of rotatable bonds is 8. The molecule has 1 heterocycles. The van der Waals surface area contributed by atoms with Gasteiger partial charge < -0.3 is 14.8 Å². The van der Waals surface area contributed by atoms with E-state index in [1.165, 1.54) is 18.7 Å². The summed E-state index contributed by atoms with van der Waals surface area (Å²) < 4.78 is 12.3. The van der Waals surface area contributed by atoms with Gasteiger partial charge in [0.15, 0.2) is 5.56 Å². The lowest BCUT2D eigenvalue weighted by Gasteiger charge is -2.13. The van der Waals surface area contributed by atoms with Crippen molar-refractivity contribution in [2.45, 2.75) is 6.42 Å². The van der Waals surface area contributed by atoms with Gasteiger partial charge in [-0.25, -0.2) is 4.79 Å². The Morgan fingerprint density at radius 1 is 1.19 bits per heavy atom. The first kappa shape index (κ1) is 16.9. The molecular formula is C13H20N4O4. The summed E-state index contributed by atoms with van der Waals surface area (Å²) in [6.07, 6.45) is 0.679. The second-order valence-electron chi connectivity index (χ2n) is 4.43. The zero-order chi connectivity index (χ0) is 15.8. The second kappa shape index (κ2) is 8.24. The maximum atomic E-state index is 11.8. The van der Waals surface area contributed by atoms with Gasteiger partial charge in [0.05, 0.1) is 13.2 Å². The molecule has 0 aromatic carbocycles. The van der Waals surface area contributed by atoms with Crippen molar-refractivity contribution in [3.63, 3.8) is 0 Å². The van der Waals surface area contributed by atoms with Crippen LogP contribution in [0.3, 0.4) is 0 Å². The van der Waals surface area contributed by atoms with Crippen LogP contribution in [0.4, 0.5) is 5.82 Å². The molecule has 1 N–H and O–H groups in total. The molecule has 0 aliphatic heterocycles. The number of aromatic nitrogens is 2. The number of anilines is 1. The Morgan fingerprint density at radius 2 is 1.90 bits per heavy atom. The predicted octanol–water partition coefficient (Wildman–Crippen LogP) is -0.579. The summed E-state index contributed by atoms with van der Waals surface area (Å²) >= 11 is 0. The third-order valence-electron chi connectivity index (χ3n) is 2.97. The number of methoxy groups -OCH3 is 1. The van der Waals surface area contributed by atoms with Crippen LogP contribution in [0.15, 0.2) is 9.59 Å². The van der Waals surface area contributed by atoms with Crippen LogP contribution < -0.4 is 16.6 Å². The van der Waals surface area contributed by atoms with Gasteiger partial charge in [0, 0.05) is 34.4 Å². The highest BCUT2D eigenvalue weighted by Gasteiger charge is 2.14. The molecule has 1 rings (SSSR count). The number of nitriles is 1. The summed E-state index contributed by atoms with van der Waals surface area (Å²) in [5, 5.41) is 12.0. The van der Waals surface area contributed by atoms with Crippen LogP contribution in [-0.2, 0) is 23.6 Å². The molecule has 8 nitrogen and oxygen atoms in total. The maximum Gasteiger partial charge on any atom is 0.332 e. The van der Waals surface area contributed by atoms with Crippen molar-refractivity contribution in [1.82, 2.24) is 9.13 Å². The van der Waals surface area contributed by atoms with Crippen LogP contribution in [0.2, 0.25) is 0 Å². The highest BCUT2D eigenvalue weighted by molar-refractivity contribution is 5.51. The number of ether oxygens (including phenoxy) is 2. The lowest BCUT2D eigenvalue weighted by molar-refractivity contribution is 0.0705. The van der Waals surface area contributed by atoms with Gasteiger partial charge in [-0.15, -0.1) is 0 Å². The maximum absolute atomic E-state index is 11.8. The molecule has 0 unspecified atom stereocenters. The average Bonchev–Trinajstić information content (AvgIpc) is 2.49. The third-order valence-corrected chi connectivity index (χ3v) is 2.97. The van der Waals surface area contributed by atoms with E-state index < -0.39 is 11.2 Å². The molecule has 0 fully saturated rings. The largest absolute Gasteiger partial charge is 0.382 e. The first-order valence-corrected chi connectivity index (χ1v) is 6.55. The summed E-state index contributed by atoms with van der Waals surface area (Å²) in [7, 11) is 4.46. The van der Waals surface area contributed by atoms with Gasteiger partial charge in [-0.1, -0.05) is 0 Å². The van der Waals surface area contributed by atoms with Gasteiger partial charge in [-0.3, -0.25) is 13.9 Å². The first-order valence-electron chi connectivity index (χ1n) is 6.55. The Hall–Kier alpha value is -2.11. The summed E-state index contributed by atoms with van der Waals surface area (Å²) in [6.45, 7) is 2.07. The van der Waals surface area contributed by atoms with Gasteiger partial charge in [0.2, 0.25) is 0 Å². The van der Waals surface area contributed by atoms with Crippen molar-refractivity contribution in [3.8, 4) is 6.07 Å². The Bertz CT molecular complexity index is 627. The molecule has 0 saturated carbocycles. The fraction of sp³-hybridized carbons (Fsp3) is 0.615. The van der Waals surface area contributed by atoms with Crippen molar-refractivity contribution < 1.29 is 9.47 Å². The van der Waals surface area contributed by atoms with Gasteiger partial charge in [-0.2, -0.15) is 5.26 Å². The van der Waals surface area contributed by atoms with Gasteiger partial charge >= 0.3 is 5.69 Å². The monoisotopic (exact) mass is 296 g/mol. The smallest absolute Gasteiger partial charge is 0.332 e. The quantitative estimate of drug-likeness (QED) is 0.645. The van der Waals surface area contributed by atoms with Gasteiger partial charge in [-0.05, 0) is 6.42 Å². The van der Waals surface area contributed by atoms with Crippen LogP contribution in [0.25, 0.3) is 0 Å². The Balaban J connectivity index is 2.70. The molecule has 1 aromatic heterocycles. The lowest BCUT2D eigenvalue weighted by Crippen LogP contribution is -2.40. The van der Waals surface area contributed by atoms with E-state index in [0.29, 0.717) is 32.8 Å². The van der Waals surface area contributed by atoms with Crippen molar-refractivity contribution in [3.05, 3.63) is 26.4 Å². The van der Waals surface area contributed by atoms with Crippen LogP contribution in [0.1, 0.15) is 12.0 Å². The van der Waals surface area contributed by atoms with E-state index in [2.05, 4.69) is 5.32 Å². The molecule has 116 valence electrons. The number of hydrogen-bond acceptors (Lipinski definition) is 6. The van der Waals surface area contributed by atoms with Crippen molar-refractivity contribution in [2.24, 2.45) is 14.1 Å². The number of nitrogens with one attached hydrogen (secondary N) is 1. The van der Waals surface area contributed by atoms with Crippen LogP contribution in [0.5, 0.6) is 0 Å². The average molecular weight is 296 g/mol. The fourth-order valence-corrected chi connectivity index (χ4v) is 1.78. The van der Waals surface area contributed by atoms with Gasteiger partial charge in [0.25, 0.3) is 5.56 Å². The SMILES string of the molecule is COCCOCCCNc1c(C#N)c(=O)n(C)c(=O)n1C. The highest BCUT2D eigenvalue weighted by atomic mass is 16.5. The summed E-state index contributed by atoms with van der Waals surface area (Å²) in [5.74, 6) is 0.238. The van der Waals surface area contributed by atoms with Crippen LogP contribution in [0, 0.1) is 11.3 Å². The molecule has 8 heteroatoms. The summed E-state index contributed by atoms with van der Waals surface area (Å²) in [5.41, 5.74) is -1.14. The van der Waals surface area contributed by atoms with E-state index in [9.17, 15) is 9.59 Å². The first-order chi connectivity index (χ1) is 10.0. The fourth-order valence-electron chi connectivity index (χ4n) is 1.78. The third kappa shape index (κ3) is 4.18. The van der Waals surface area contributed by atoms with Crippen molar-refractivity contribution in [2.75, 3.05) is 38.8 Å². The summed E-state index contributed by atoms with van der Waals surface area (Å²) in [4.78, 5) is 23.7. The van der Waals surface area contributed by atoms with Gasteiger partial charge in [0.1, 0.15) is 11.9 Å². The molecule has 0 bridgehead atoms. The standard InChI is InChI=1S/C13H20N4O4/c1-16-11(15-5-4-6-21-8-7-20-3)10(9-14)12(18)17(2)13(16)19/h15H,4-8H2,1-3H3. The molecule has 21 heavy (non-hydrogen) atoms. The van der Waals surface area contributed by atoms with E-state index in [1.54, 1.807) is 7.11 Å². The van der Waals surface area contributed by atoms with Crippen molar-refractivity contribution >= 4 is 5.82 Å². The van der Waals surface area contributed by atoms with Crippen LogP contribution >= 0.6 is 0 Å². The zero-order valence-corrected chi connectivity index (χ0v) is 12.5. The van der Waals surface area contributed by atoms with E-state index in [-0.39, 0.29) is 11.4 Å². The predicted molar refractivity (Wildman–Crippen MR) is 77.4 cm³/mol. The minimum absolute atomic E-state index is 0.0695. The van der Waals surface area contributed by atoms with E-state index in [4.69, 9.17) is 14.7 Å². The molecule has 0 radical (unpaired) electrons. The van der Waals surface area contributed by atoms with E-state index in [1.807, 2.05) is 6.07 Å². The molecule has 0 atom stereocenters. The van der Waals surface area contributed by atoms with E-state index >= 15 is 0 Å².